The van der Waals surface area contributed by atoms with E-state index in [1.165, 1.54) is 5.56 Å². The molecule has 0 aromatic heterocycles. The van der Waals surface area contributed by atoms with Crippen LogP contribution in [0.1, 0.15) is 25.3 Å². The van der Waals surface area contributed by atoms with E-state index < -0.39 is 0 Å². The number of carbonyl (C=O) groups is 1. The highest BCUT2D eigenvalue weighted by atomic mass is 16.1. The number of piperidine rings is 1. The summed E-state index contributed by atoms with van der Waals surface area (Å²) in [4.78, 5) is 13.6. The van der Waals surface area contributed by atoms with Crippen molar-refractivity contribution in [2.75, 3.05) is 6.54 Å². The molecule has 1 aromatic rings. The van der Waals surface area contributed by atoms with Gasteiger partial charge in [-0.25, -0.2) is 0 Å². The zero-order chi connectivity index (χ0) is 10.7. The second-order valence-electron chi connectivity index (χ2n) is 4.32. The van der Waals surface area contributed by atoms with Crippen LogP contribution < -0.4 is 0 Å². The molecule has 2 rings (SSSR count). The minimum absolute atomic E-state index is 0.379. The number of ketones is 1. The zero-order valence-electron chi connectivity index (χ0n) is 9.15. The summed E-state index contributed by atoms with van der Waals surface area (Å²) in [6.07, 6.45) is 1.76. The number of likely N-dealkylation sites (tertiary alicyclic amines) is 1. The van der Waals surface area contributed by atoms with E-state index in [1.54, 1.807) is 0 Å². The van der Waals surface area contributed by atoms with E-state index in [1.807, 2.05) is 18.2 Å². The van der Waals surface area contributed by atoms with Gasteiger partial charge in [-0.2, -0.15) is 0 Å². The third-order valence-electron chi connectivity index (χ3n) is 3.07. The number of hydrogen-bond acceptors (Lipinski definition) is 2. The lowest BCUT2D eigenvalue weighted by atomic mass is 10.0. The van der Waals surface area contributed by atoms with Crippen molar-refractivity contribution in [1.82, 2.24) is 4.90 Å². The van der Waals surface area contributed by atoms with Gasteiger partial charge < -0.3 is 0 Å². The van der Waals surface area contributed by atoms with E-state index in [0.717, 1.165) is 19.4 Å². The van der Waals surface area contributed by atoms with Crippen LogP contribution in [-0.4, -0.2) is 23.3 Å². The van der Waals surface area contributed by atoms with Crippen molar-refractivity contribution in [2.45, 2.75) is 32.4 Å². The number of nitrogens with zero attached hydrogens (tertiary/aromatic N) is 1. The summed E-state index contributed by atoms with van der Waals surface area (Å²) >= 11 is 0. The Hall–Kier alpha value is -1.15. The van der Waals surface area contributed by atoms with Crippen molar-refractivity contribution < 1.29 is 4.79 Å². The first-order chi connectivity index (χ1) is 7.25. The molecule has 0 N–H and O–H groups in total. The topological polar surface area (TPSA) is 20.3 Å². The van der Waals surface area contributed by atoms with Gasteiger partial charge >= 0.3 is 0 Å². The van der Waals surface area contributed by atoms with E-state index in [-0.39, 0.29) is 0 Å². The Bertz CT molecular complexity index is 334. The molecule has 0 saturated carbocycles. The molecule has 0 radical (unpaired) electrons. The van der Waals surface area contributed by atoms with Crippen LogP contribution in [0.5, 0.6) is 0 Å². The second kappa shape index (κ2) is 4.58. The van der Waals surface area contributed by atoms with Gasteiger partial charge in [-0.1, -0.05) is 30.3 Å². The van der Waals surface area contributed by atoms with Crippen molar-refractivity contribution in [1.29, 1.82) is 0 Å². The molecular weight excluding hydrogens is 186 g/mol. The minimum atomic E-state index is 0.379. The monoisotopic (exact) mass is 203 g/mol. The number of Topliss-reactive ketones (excluding diaryl/α,β-unsaturated/α-hetero) is 1. The fraction of sp³-hybridized carbons (Fsp3) is 0.462. The molecule has 0 spiro atoms. The Kier molecular flexibility index (Phi) is 3.17. The molecule has 1 heterocycles. The van der Waals surface area contributed by atoms with Gasteiger partial charge in [-0.05, 0) is 18.9 Å². The van der Waals surface area contributed by atoms with Gasteiger partial charge in [0.2, 0.25) is 0 Å². The van der Waals surface area contributed by atoms with E-state index in [9.17, 15) is 4.79 Å². The van der Waals surface area contributed by atoms with Crippen LogP contribution in [0.15, 0.2) is 30.3 Å². The fourth-order valence-electron chi connectivity index (χ4n) is 2.04. The maximum Gasteiger partial charge on any atom is 0.146 e. The highest BCUT2D eigenvalue weighted by molar-refractivity contribution is 5.81. The molecule has 1 unspecified atom stereocenters. The third kappa shape index (κ3) is 2.66. The molecule has 2 nitrogen and oxygen atoms in total. The van der Waals surface area contributed by atoms with Gasteiger partial charge in [0.25, 0.3) is 0 Å². The lowest BCUT2D eigenvalue weighted by Gasteiger charge is -2.32. The average molecular weight is 203 g/mol. The average Bonchev–Trinajstić information content (AvgIpc) is 2.25. The predicted molar refractivity (Wildman–Crippen MR) is 60.6 cm³/mol. The first kappa shape index (κ1) is 10.4. The van der Waals surface area contributed by atoms with Crippen LogP contribution in [0.4, 0.5) is 0 Å². The maximum atomic E-state index is 11.4. The van der Waals surface area contributed by atoms with Crippen molar-refractivity contribution in [3.63, 3.8) is 0 Å². The molecule has 0 bridgehead atoms. The van der Waals surface area contributed by atoms with Crippen molar-refractivity contribution in [2.24, 2.45) is 0 Å². The Morgan fingerprint density at radius 1 is 1.33 bits per heavy atom. The molecule has 2 heteroatoms. The Labute approximate surface area is 90.9 Å². The fourth-order valence-corrected chi connectivity index (χ4v) is 2.04. The normalized spacial score (nSPS) is 23.0. The summed E-state index contributed by atoms with van der Waals surface area (Å²) in [5, 5.41) is 0. The first-order valence-corrected chi connectivity index (χ1v) is 5.55. The highest BCUT2D eigenvalue weighted by Crippen LogP contribution is 2.16. The van der Waals surface area contributed by atoms with Crippen LogP contribution in [0.2, 0.25) is 0 Å². The summed E-state index contributed by atoms with van der Waals surface area (Å²) < 4.78 is 0. The maximum absolute atomic E-state index is 11.4. The zero-order valence-corrected chi connectivity index (χ0v) is 9.15. The number of carbonyl (C=O) groups excluding carboxylic acids is 1. The van der Waals surface area contributed by atoms with Gasteiger partial charge in [0.15, 0.2) is 0 Å². The van der Waals surface area contributed by atoms with Crippen molar-refractivity contribution in [3.05, 3.63) is 35.9 Å². The van der Waals surface area contributed by atoms with E-state index >= 15 is 0 Å². The Morgan fingerprint density at radius 2 is 2.07 bits per heavy atom. The SMILES string of the molecule is CC1CCC(=O)CN1Cc1ccccc1. The van der Waals surface area contributed by atoms with Crippen LogP contribution in [0.25, 0.3) is 0 Å². The summed E-state index contributed by atoms with van der Waals surface area (Å²) in [5.41, 5.74) is 1.29. The minimum Gasteiger partial charge on any atom is -0.298 e. The van der Waals surface area contributed by atoms with E-state index in [4.69, 9.17) is 0 Å². The van der Waals surface area contributed by atoms with Gasteiger partial charge in [0.1, 0.15) is 5.78 Å². The molecule has 15 heavy (non-hydrogen) atoms. The first-order valence-electron chi connectivity index (χ1n) is 5.55. The molecule has 0 aliphatic carbocycles. The van der Waals surface area contributed by atoms with Crippen molar-refractivity contribution in [3.8, 4) is 0 Å². The quantitative estimate of drug-likeness (QED) is 0.734. The number of hydrogen-bond donors (Lipinski definition) is 0. The van der Waals surface area contributed by atoms with Gasteiger partial charge in [-0.3, -0.25) is 9.69 Å². The van der Waals surface area contributed by atoms with Crippen LogP contribution in [-0.2, 0) is 11.3 Å². The van der Waals surface area contributed by atoms with Crippen LogP contribution in [0.3, 0.4) is 0 Å². The van der Waals surface area contributed by atoms with Crippen molar-refractivity contribution >= 4 is 5.78 Å². The highest BCUT2D eigenvalue weighted by Gasteiger charge is 2.22. The molecule has 1 fully saturated rings. The molecule has 0 amide bonds. The second-order valence-corrected chi connectivity index (χ2v) is 4.32. The van der Waals surface area contributed by atoms with Gasteiger partial charge in [0.05, 0.1) is 6.54 Å². The molecule has 1 aliphatic rings. The van der Waals surface area contributed by atoms with Gasteiger partial charge in [-0.15, -0.1) is 0 Å². The summed E-state index contributed by atoms with van der Waals surface area (Å²) in [6, 6.07) is 10.9. The Morgan fingerprint density at radius 3 is 2.80 bits per heavy atom. The molecule has 1 saturated heterocycles. The lowest BCUT2D eigenvalue weighted by Crippen LogP contribution is -2.41. The molecular formula is C13H17NO. The smallest absolute Gasteiger partial charge is 0.146 e. The number of rotatable bonds is 2. The lowest BCUT2D eigenvalue weighted by molar-refractivity contribution is -0.123. The third-order valence-corrected chi connectivity index (χ3v) is 3.07. The summed E-state index contributed by atoms with van der Waals surface area (Å²) in [5.74, 6) is 0.379. The standard InChI is InChI=1S/C13H17NO/c1-11-7-8-13(15)10-14(11)9-12-5-3-2-4-6-12/h2-6,11H,7-10H2,1H3. The van der Waals surface area contributed by atoms with E-state index in [0.29, 0.717) is 18.4 Å². The molecule has 1 aromatic carbocycles. The van der Waals surface area contributed by atoms with Gasteiger partial charge in [0, 0.05) is 19.0 Å². The summed E-state index contributed by atoms with van der Waals surface area (Å²) in [6.45, 7) is 3.72. The number of benzene rings is 1. The van der Waals surface area contributed by atoms with E-state index in [2.05, 4.69) is 24.0 Å². The molecule has 1 atom stereocenters. The van der Waals surface area contributed by atoms with Crippen LogP contribution >= 0.6 is 0 Å². The Balaban J connectivity index is 2.01. The molecule has 1 aliphatic heterocycles. The van der Waals surface area contributed by atoms with Crippen LogP contribution in [0, 0.1) is 0 Å². The predicted octanol–water partition coefficient (Wildman–Crippen LogP) is 2.24. The molecule has 80 valence electrons. The summed E-state index contributed by atoms with van der Waals surface area (Å²) in [7, 11) is 0. The largest absolute Gasteiger partial charge is 0.298 e.